The molecular formula is C25H22N2O3. The summed E-state index contributed by atoms with van der Waals surface area (Å²) in [7, 11) is 0. The van der Waals surface area contributed by atoms with Gasteiger partial charge in [-0.2, -0.15) is 0 Å². The van der Waals surface area contributed by atoms with Crippen LogP contribution in [0.3, 0.4) is 0 Å². The molecular weight excluding hydrogens is 376 g/mol. The van der Waals surface area contributed by atoms with E-state index in [2.05, 4.69) is 10.3 Å². The van der Waals surface area contributed by atoms with E-state index in [0.29, 0.717) is 24.5 Å². The van der Waals surface area contributed by atoms with Crippen LogP contribution in [0.1, 0.15) is 28.4 Å². The number of para-hydroxylation sites is 1. The molecule has 2 N–H and O–H groups in total. The molecule has 1 aliphatic rings. The van der Waals surface area contributed by atoms with Crippen LogP contribution >= 0.6 is 0 Å². The van der Waals surface area contributed by atoms with Gasteiger partial charge in [0.15, 0.2) is 17.3 Å². The Morgan fingerprint density at radius 1 is 0.900 bits per heavy atom. The highest BCUT2D eigenvalue weighted by atomic mass is 16.5. The van der Waals surface area contributed by atoms with E-state index in [4.69, 9.17) is 9.47 Å². The molecule has 1 atom stereocenters. The minimum Gasteiger partial charge on any atom is -0.490 e. The summed E-state index contributed by atoms with van der Waals surface area (Å²) < 4.78 is 11.5. The molecule has 2 heterocycles. The molecule has 0 amide bonds. The van der Waals surface area contributed by atoms with Crippen LogP contribution in [-0.2, 0) is 0 Å². The number of anilines is 1. The normalized spacial score (nSPS) is 14.1. The number of hydrogen-bond donors (Lipinski definition) is 2. The highest BCUT2D eigenvalue weighted by Gasteiger charge is 2.25. The highest BCUT2D eigenvalue weighted by molar-refractivity contribution is 6.11. The van der Waals surface area contributed by atoms with E-state index in [1.807, 2.05) is 72.8 Å². The molecule has 0 saturated carbocycles. The number of aromatic amines is 1. The zero-order valence-corrected chi connectivity index (χ0v) is 16.4. The highest BCUT2D eigenvalue weighted by Crippen LogP contribution is 2.34. The maximum absolute atomic E-state index is 13.6. The second kappa shape index (κ2) is 7.95. The lowest BCUT2D eigenvalue weighted by Crippen LogP contribution is -2.21. The van der Waals surface area contributed by atoms with Gasteiger partial charge in [0.1, 0.15) is 6.04 Å². The summed E-state index contributed by atoms with van der Waals surface area (Å²) in [6.45, 7) is 1.26. The SMILES string of the molecule is O=C(c1c[nH]c2ccccc12)[C@H](Nc1ccc2c(c1)OCCCO2)c1ccccc1. The molecule has 30 heavy (non-hydrogen) atoms. The van der Waals surface area contributed by atoms with Crippen LogP contribution in [0.25, 0.3) is 10.9 Å². The van der Waals surface area contributed by atoms with Crippen molar-refractivity contribution < 1.29 is 14.3 Å². The standard InChI is InChI=1S/C25H22N2O3/c28-25(20-16-26-21-10-5-4-9-19(20)21)24(17-7-2-1-3-8-17)27-18-11-12-22-23(15-18)30-14-6-13-29-22/h1-5,7-12,15-16,24,26-27H,6,13-14H2/t24-/m1/s1. The molecule has 0 bridgehead atoms. The number of benzene rings is 3. The fourth-order valence-electron chi connectivity index (χ4n) is 3.80. The summed E-state index contributed by atoms with van der Waals surface area (Å²) in [4.78, 5) is 16.8. The molecule has 0 spiro atoms. The Hall–Kier alpha value is -3.73. The van der Waals surface area contributed by atoms with E-state index >= 15 is 0 Å². The Morgan fingerprint density at radius 3 is 2.53 bits per heavy atom. The average Bonchev–Trinajstić information content (AvgIpc) is 3.08. The minimum absolute atomic E-state index is 0.00533. The Balaban J connectivity index is 1.52. The van der Waals surface area contributed by atoms with Gasteiger partial charge >= 0.3 is 0 Å². The lowest BCUT2D eigenvalue weighted by atomic mass is 9.96. The van der Waals surface area contributed by atoms with Crippen molar-refractivity contribution in [3.63, 3.8) is 0 Å². The molecule has 0 aliphatic carbocycles. The van der Waals surface area contributed by atoms with Gasteiger partial charge in [-0.15, -0.1) is 0 Å². The molecule has 1 aromatic heterocycles. The van der Waals surface area contributed by atoms with Crippen molar-refractivity contribution in [3.8, 4) is 11.5 Å². The lowest BCUT2D eigenvalue weighted by molar-refractivity contribution is 0.0971. The monoisotopic (exact) mass is 398 g/mol. The smallest absolute Gasteiger partial charge is 0.191 e. The molecule has 1 aliphatic heterocycles. The van der Waals surface area contributed by atoms with E-state index in [-0.39, 0.29) is 5.78 Å². The summed E-state index contributed by atoms with van der Waals surface area (Å²) in [5.74, 6) is 1.44. The first-order valence-electron chi connectivity index (χ1n) is 10.1. The van der Waals surface area contributed by atoms with Crippen molar-refractivity contribution in [2.24, 2.45) is 0 Å². The van der Waals surface area contributed by atoms with Crippen molar-refractivity contribution in [1.82, 2.24) is 4.98 Å². The molecule has 3 aromatic carbocycles. The number of H-pyrrole nitrogens is 1. The van der Waals surface area contributed by atoms with Crippen LogP contribution < -0.4 is 14.8 Å². The van der Waals surface area contributed by atoms with E-state index in [1.54, 1.807) is 6.20 Å². The maximum atomic E-state index is 13.6. The first-order valence-corrected chi connectivity index (χ1v) is 10.1. The van der Waals surface area contributed by atoms with Gasteiger partial charge < -0.3 is 19.8 Å². The number of fused-ring (bicyclic) bond motifs is 2. The lowest BCUT2D eigenvalue weighted by Gasteiger charge is -2.20. The Kier molecular flexibility index (Phi) is 4.85. The Bertz CT molecular complexity index is 1180. The molecule has 5 heteroatoms. The van der Waals surface area contributed by atoms with Gasteiger partial charge in [-0.25, -0.2) is 0 Å². The van der Waals surface area contributed by atoms with E-state index in [9.17, 15) is 4.79 Å². The summed E-state index contributed by atoms with van der Waals surface area (Å²) in [5.41, 5.74) is 3.32. The summed E-state index contributed by atoms with van der Waals surface area (Å²) in [5, 5.41) is 4.34. The van der Waals surface area contributed by atoms with E-state index in [1.165, 1.54) is 0 Å². The van der Waals surface area contributed by atoms with Crippen LogP contribution in [0, 0.1) is 0 Å². The number of ether oxygens (including phenoxy) is 2. The third-order valence-corrected chi connectivity index (χ3v) is 5.31. The van der Waals surface area contributed by atoms with Crippen molar-refractivity contribution >= 4 is 22.4 Å². The zero-order valence-electron chi connectivity index (χ0n) is 16.4. The number of carbonyl (C=O) groups is 1. The molecule has 0 radical (unpaired) electrons. The van der Waals surface area contributed by atoms with Gasteiger partial charge in [0.2, 0.25) is 0 Å². The molecule has 4 aromatic rings. The number of aromatic nitrogens is 1. The second-order valence-electron chi connectivity index (χ2n) is 7.31. The number of rotatable bonds is 5. The van der Waals surface area contributed by atoms with Gasteiger partial charge in [0.25, 0.3) is 0 Å². The second-order valence-corrected chi connectivity index (χ2v) is 7.31. The zero-order chi connectivity index (χ0) is 20.3. The Labute approximate surface area is 174 Å². The topological polar surface area (TPSA) is 63.4 Å². The quantitative estimate of drug-likeness (QED) is 0.444. The van der Waals surface area contributed by atoms with Crippen LogP contribution in [0.4, 0.5) is 5.69 Å². The molecule has 5 nitrogen and oxygen atoms in total. The number of ketones is 1. The summed E-state index contributed by atoms with van der Waals surface area (Å²) in [6, 6.07) is 22.8. The number of nitrogens with one attached hydrogen (secondary N) is 2. The van der Waals surface area contributed by atoms with Gasteiger partial charge in [-0.1, -0.05) is 48.5 Å². The fourth-order valence-corrected chi connectivity index (χ4v) is 3.80. The van der Waals surface area contributed by atoms with Crippen LogP contribution in [-0.4, -0.2) is 24.0 Å². The summed E-state index contributed by atoms with van der Waals surface area (Å²) >= 11 is 0. The fraction of sp³-hybridized carbons (Fsp3) is 0.160. The average molecular weight is 398 g/mol. The first kappa shape index (κ1) is 18.3. The van der Waals surface area contributed by atoms with Gasteiger partial charge in [0.05, 0.1) is 13.2 Å². The predicted octanol–water partition coefficient (Wildman–Crippen LogP) is 5.37. The van der Waals surface area contributed by atoms with Gasteiger partial charge in [-0.05, 0) is 23.8 Å². The van der Waals surface area contributed by atoms with Gasteiger partial charge in [0, 0.05) is 40.8 Å². The van der Waals surface area contributed by atoms with Crippen LogP contribution in [0.15, 0.2) is 79.0 Å². The maximum Gasteiger partial charge on any atom is 0.191 e. The van der Waals surface area contributed by atoms with Gasteiger partial charge in [-0.3, -0.25) is 4.79 Å². The van der Waals surface area contributed by atoms with Crippen LogP contribution in [0.5, 0.6) is 11.5 Å². The van der Waals surface area contributed by atoms with Crippen molar-refractivity contribution in [2.45, 2.75) is 12.5 Å². The van der Waals surface area contributed by atoms with Crippen molar-refractivity contribution in [2.75, 3.05) is 18.5 Å². The van der Waals surface area contributed by atoms with E-state index in [0.717, 1.165) is 34.3 Å². The Morgan fingerprint density at radius 2 is 1.67 bits per heavy atom. The number of Topliss-reactive ketones (excluding diaryl/α,β-unsaturated/α-hetero) is 1. The molecule has 0 saturated heterocycles. The largest absolute Gasteiger partial charge is 0.490 e. The third-order valence-electron chi connectivity index (χ3n) is 5.31. The van der Waals surface area contributed by atoms with Crippen molar-refractivity contribution in [1.29, 1.82) is 0 Å². The van der Waals surface area contributed by atoms with Crippen molar-refractivity contribution in [3.05, 3.63) is 90.1 Å². The third kappa shape index (κ3) is 3.50. The number of hydrogen-bond acceptors (Lipinski definition) is 4. The van der Waals surface area contributed by atoms with Crippen LogP contribution in [0.2, 0.25) is 0 Å². The molecule has 0 fully saturated rings. The first-order chi connectivity index (χ1) is 14.8. The predicted molar refractivity (Wildman–Crippen MR) is 117 cm³/mol. The van der Waals surface area contributed by atoms with E-state index < -0.39 is 6.04 Å². The molecule has 5 rings (SSSR count). The number of carbonyl (C=O) groups excluding carboxylic acids is 1. The molecule has 150 valence electrons. The molecule has 0 unspecified atom stereocenters. The summed E-state index contributed by atoms with van der Waals surface area (Å²) in [6.07, 6.45) is 2.64. The minimum atomic E-state index is -0.532.